The van der Waals surface area contributed by atoms with Gasteiger partial charge in [0.1, 0.15) is 5.58 Å². The molecule has 1 amide bonds. The van der Waals surface area contributed by atoms with Crippen molar-refractivity contribution >= 4 is 28.6 Å². The molecule has 0 N–H and O–H groups in total. The lowest BCUT2D eigenvalue weighted by Crippen LogP contribution is -2.40. The first kappa shape index (κ1) is 17.0. The molecule has 2 heterocycles. The number of amides is 1. The van der Waals surface area contributed by atoms with Gasteiger partial charge in [0, 0.05) is 35.0 Å². The van der Waals surface area contributed by atoms with E-state index >= 15 is 0 Å². The van der Waals surface area contributed by atoms with Crippen molar-refractivity contribution < 1.29 is 13.9 Å². The van der Waals surface area contributed by atoms with Gasteiger partial charge in [0.05, 0.1) is 13.2 Å². The molecule has 1 saturated heterocycles. The van der Waals surface area contributed by atoms with Crippen molar-refractivity contribution in [1.29, 1.82) is 0 Å². The molecule has 2 aliphatic rings. The summed E-state index contributed by atoms with van der Waals surface area (Å²) in [6, 6.07) is 8.02. The first-order valence-electron chi connectivity index (χ1n) is 9.32. The van der Waals surface area contributed by atoms with Crippen molar-refractivity contribution in [2.45, 2.75) is 43.1 Å². The third kappa shape index (κ3) is 3.72. The zero-order chi connectivity index (χ0) is 17.1. The SMILES string of the molecule is O=C(c1oc2ccccc2c1CSC1CCCCC1)N1CCOCC1. The van der Waals surface area contributed by atoms with Gasteiger partial charge in [0.25, 0.3) is 5.91 Å². The van der Waals surface area contributed by atoms with E-state index in [1.54, 1.807) is 0 Å². The van der Waals surface area contributed by atoms with Crippen LogP contribution in [-0.4, -0.2) is 42.4 Å². The van der Waals surface area contributed by atoms with Crippen LogP contribution in [0.3, 0.4) is 0 Å². The van der Waals surface area contributed by atoms with Gasteiger partial charge in [-0.25, -0.2) is 0 Å². The summed E-state index contributed by atoms with van der Waals surface area (Å²) >= 11 is 1.99. The smallest absolute Gasteiger partial charge is 0.290 e. The van der Waals surface area contributed by atoms with Crippen LogP contribution in [-0.2, 0) is 10.5 Å². The molecule has 1 aromatic heterocycles. The molecule has 4 nitrogen and oxygen atoms in total. The van der Waals surface area contributed by atoms with Crippen LogP contribution in [0.1, 0.15) is 48.2 Å². The molecule has 0 radical (unpaired) electrons. The van der Waals surface area contributed by atoms with Crippen LogP contribution in [0, 0.1) is 0 Å². The number of carbonyl (C=O) groups is 1. The summed E-state index contributed by atoms with van der Waals surface area (Å²) in [7, 11) is 0. The minimum Gasteiger partial charge on any atom is -0.451 e. The van der Waals surface area contributed by atoms with Gasteiger partial charge < -0.3 is 14.1 Å². The lowest BCUT2D eigenvalue weighted by atomic mass is 10.0. The van der Waals surface area contributed by atoms with Crippen LogP contribution in [0.4, 0.5) is 0 Å². The Kier molecular flexibility index (Phi) is 5.32. The van der Waals surface area contributed by atoms with E-state index < -0.39 is 0 Å². The fourth-order valence-electron chi connectivity index (χ4n) is 3.76. The molecule has 0 spiro atoms. The number of hydrogen-bond acceptors (Lipinski definition) is 4. The number of para-hydroxylation sites is 1. The van der Waals surface area contributed by atoms with Crippen molar-refractivity contribution in [2.24, 2.45) is 0 Å². The second kappa shape index (κ2) is 7.83. The second-order valence-electron chi connectivity index (χ2n) is 6.88. The molecule has 0 bridgehead atoms. The number of carbonyl (C=O) groups excluding carboxylic acids is 1. The predicted molar refractivity (Wildman–Crippen MR) is 101 cm³/mol. The highest BCUT2D eigenvalue weighted by molar-refractivity contribution is 7.99. The van der Waals surface area contributed by atoms with E-state index in [4.69, 9.17) is 9.15 Å². The predicted octanol–water partition coefficient (Wildman–Crippen LogP) is 4.47. The zero-order valence-corrected chi connectivity index (χ0v) is 15.4. The van der Waals surface area contributed by atoms with E-state index in [-0.39, 0.29) is 5.91 Å². The second-order valence-corrected chi connectivity index (χ2v) is 8.17. The summed E-state index contributed by atoms with van der Waals surface area (Å²) in [5, 5.41) is 1.80. The molecule has 25 heavy (non-hydrogen) atoms. The fourth-order valence-corrected chi connectivity index (χ4v) is 5.11. The van der Waals surface area contributed by atoms with Crippen LogP contribution in [0.2, 0.25) is 0 Å². The summed E-state index contributed by atoms with van der Waals surface area (Å²) in [5.41, 5.74) is 1.89. The third-order valence-corrected chi connectivity index (χ3v) is 6.60. The van der Waals surface area contributed by atoms with Crippen molar-refractivity contribution in [3.63, 3.8) is 0 Å². The minimum atomic E-state index is 0.0127. The van der Waals surface area contributed by atoms with E-state index in [0.29, 0.717) is 37.3 Å². The van der Waals surface area contributed by atoms with Gasteiger partial charge in [-0.1, -0.05) is 37.5 Å². The fraction of sp³-hybridized carbons (Fsp3) is 0.550. The van der Waals surface area contributed by atoms with E-state index in [1.165, 1.54) is 32.1 Å². The summed E-state index contributed by atoms with van der Waals surface area (Å²) < 4.78 is 11.4. The summed E-state index contributed by atoms with van der Waals surface area (Å²) in [6.07, 6.45) is 6.64. The molecule has 0 atom stereocenters. The van der Waals surface area contributed by atoms with E-state index in [1.807, 2.05) is 34.9 Å². The quantitative estimate of drug-likeness (QED) is 0.808. The first-order valence-corrected chi connectivity index (χ1v) is 10.4. The normalized spacial score (nSPS) is 19.4. The number of morpholine rings is 1. The highest BCUT2D eigenvalue weighted by Crippen LogP contribution is 2.35. The monoisotopic (exact) mass is 359 g/mol. The minimum absolute atomic E-state index is 0.0127. The van der Waals surface area contributed by atoms with Crippen molar-refractivity contribution in [2.75, 3.05) is 26.3 Å². The van der Waals surface area contributed by atoms with Crippen LogP contribution < -0.4 is 0 Å². The first-order chi connectivity index (χ1) is 12.3. The van der Waals surface area contributed by atoms with Gasteiger partial charge in [0.15, 0.2) is 5.76 Å². The molecule has 5 heteroatoms. The number of thioether (sulfide) groups is 1. The molecule has 4 rings (SSSR count). The maximum atomic E-state index is 13.0. The standard InChI is InChI=1S/C20H25NO3S/c22-20(21-10-12-23-13-11-21)19-17(14-25-15-6-2-1-3-7-15)16-8-4-5-9-18(16)24-19/h4-5,8-9,15H,1-3,6-7,10-14H2. The van der Waals surface area contributed by atoms with Crippen LogP contribution in [0.5, 0.6) is 0 Å². The Morgan fingerprint density at radius 2 is 1.88 bits per heavy atom. The summed E-state index contributed by atoms with van der Waals surface area (Å²) in [5.74, 6) is 1.40. The maximum absolute atomic E-state index is 13.0. The van der Waals surface area contributed by atoms with Crippen molar-refractivity contribution in [3.8, 4) is 0 Å². The number of rotatable bonds is 4. The number of fused-ring (bicyclic) bond motifs is 1. The van der Waals surface area contributed by atoms with Crippen molar-refractivity contribution in [3.05, 3.63) is 35.6 Å². The van der Waals surface area contributed by atoms with Gasteiger partial charge in [-0.05, 0) is 18.9 Å². The lowest BCUT2D eigenvalue weighted by Gasteiger charge is -2.26. The zero-order valence-electron chi connectivity index (χ0n) is 14.5. The molecule has 1 aliphatic carbocycles. The molecule has 2 aromatic rings. The number of ether oxygens (including phenoxy) is 1. The lowest BCUT2D eigenvalue weighted by molar-refractivity contribution is 0.0283. The molecule has 1 aliphatic heterocycles. The molecular weight excluding hydrogens is 334 g/mol. The van der Waals surface area contributed by atoms with E-state index in [2.05, 4.69) is 6.07 Å². The Bertz CT molecular complexity index is 730. The maximum Gasteiger partial charge on any atom is 0.290 e. The average Bonchev–Trinajstić information content (AvgIpc) is 3.06. The Morgan fingerprint density at radius 1 is 1.12 bits per heavy atom. The van der Waals surface area contributed by atoms with E-state index in [9.17, 15) is 4.79 Å². The number of nitrogens with zero attached hydrogens (tertiary/aromatic N) is 1. The highest BCUT2D eigenvalue weighted by Gasteiger charge is 2.27. The average molecular weight is 359 g/mol. The largest absolute Gasteiger partial charge is 0.451 e. The van der Waals surface area contributed by atoms with Crippen LogP contribution in [0.15, 0.2) is 28.7 Å². The van der Waals surface area contributed by atoms with Gasteiger partial charge in [-0.3, -0.25) is 4.79 Å². The molecule has 1 saturated carbocycles. The van der Waals surface area contributed by atoms with Gasteiger partial charge >= 0.3 is 0 Å². The Balaban J connectivity index is 1.59. The number of hydrogen-bond donors (Lipinski definition) is 0. The summed E-state index contributed by atoms with van der Waals surface area (Å²) in [6.45, 7) is 2.51. The number of furan rings is 1. The third-order valence-electron chi connectivity index (χ3n) is 5.21. The Hall–Kier alpha value is -1.46. The van der Waals surface area contributed by atoms with Crippen LogP contribution >= 0.6 is 11.8 Å². The van der Waals surface area contributed by atoms with Gasteiger partial charge in [0.2, 0.25) is 0 Å². The van der Waals surface area contributed by atoms with Gasteiger partial charge in [-0.15, -0.1) is 0 Å². The molecular formula is C20H25NO3S. The molecule has 0 unspecified atom stereocenters. The number of benzene rings is 1. The van der Waals surface area contributed by atoms with Crippen LogP contribution in [0.25, 0.3) is 11.0 Å². The summed E-state index contributed by atoms with van der Waals surface area (Å²) in [4.78, 5) is 14.9. The molecule has 1 aromatic carbocycles. The van der Waals surface area contributed by atoms with Crippen molar-refractivity contribution in [1.82, 2.24) is 4.90 Å². The van der Waals surface area contributed by atoms with Gasteiger partial charge in [-0.2, -0.15) is 11.8 Å². The molecule has 2 fully saturated rings. The topological polar surface area (TPSA) is 42.7 Å². The van der Waals surface area contributed by atoms with E-state index in [0.717, 1.165) is 22.3 Å². The molecule has 134 valence electrons. The Morgan fingerprint density at radius 3 is 2.68 bits per heavy atom. The Labute approximate surface area is 152 Å². The highest BCUT2D eigenvalue weighted by atomic mass is 32.2.